The molecule has 0 atom stereocenters. The predicted octanol–water partition coefficient (Wildman–Crippen LogP) is 4.73. The lowest BCUT2D eigenvalue weighted by molar-refractivity contribution is 0.102. The zero-order chi connectivity index (χ0) is 17.6. The van der Waals surface area contributed by atoms with Crippen LogP contribution in [0.15, 0.2) is 77.4 Å². The number of nitrogens with one attached hydrogen (secondary N) is 1. The molecule has 3 aromatic rings. The van der Waals surface area contributed by atoms with Gasteiger partial charge in [0, 0.05) is 24.3 Å². The highest BCUT2D eigenvalue weighted by atomic mass is 79.9. The van der Waals surface area contributed by atoms with Crippen molar-refractivity contribution in [1.82, 2.24) is 4.98 Å². The molecule has 0 saturated heterocycles. The number of rotatable bonds is 5. The summed E-state index contributed by atoms with van der Waals surface area (Å²) in [6.07, 6.45) is 1.60. The fraction of sp³-hybridized carbons (Fsp3) is 0.100. The lowest BCUT2D eigenvalue weighted by Gasteiger charge is -2.18. The number of carbonyl (C=O) groups is 1. The summed E-state index contributed by atoms with van der Waals surface area (Å²) in [6.45, 7) is 0.760. The highest BCUT2D eigenvalue weighted by molar-refractivity contribution is 9.10. The number of amides is 1. The Balaban J connectivity index is 1.67. The van der Waals surface area contributed by atoms with Crippen molar-refractivity contribution in [3.63, 3.8) is 0 Å². The first kappa shape index (κ1) is 17.2. The highest BCUT2D eigenvalue weighted by Gasteiger charge is 2.10. The van der Waals surface area contributed by atoms with Crippen molar-refractivity contribution in [1.29, 1.82) is 0 Å². The molecule has 1 N–H and O–H groups in total. The third kappa shape index (κ3) is 4.45. The molecule has 1 amide bonds. The number of para-hydroxylation sites is 1. The standard InChI is InChI=1S/C20H18BrN3O/c1-24(14-15-7-3-2-4-8-15)19-12-11-16(13-22-19)20(25)23-18-10-6-5-9-17(18)21/h2-13H,14H2,1H3,(H,23,25). The zero-order valence-electron chi connectivity index (χ0n) is 13.8. The highest BCUT2D eigenvalue weighted by Crippen LogP contribution is 2.22. The van der Waals surface area contributed by atoms with Crippen LogP contribution in [0.5, 0.6) is 0 Å². The number of nitrogens with zero attached hydrogens (tertiary/aromatic N) is 2. The Kier molecular flexibility index (Phi) is 5.46. The van der Waals surface area contributed by atoms with E-state index in [1.165, 1.54) is 5.56 Å². The molecule has 0 aliphatic heterocycles. The van der Waals surface area contributed by atoms with E-state index in [0.717, 1.165) is 22.5 Å². The SMILES string of the molecule is CN(Cc1ccccc1)c1ccc(C(=O)Nc2ccccc2Br)cn1. The number of carbonyl (C=O) groups excluding carboxylic acids is 1. The van der Waals surface area contributed by atoms with Gasteiger partial charge >= 0.3 is 0 Å². The number of anilines is 2. The van der Waals surface area contributed by atoms with Crippen LogP contribution in [0.3, 0.4) is 0 Å². The average molecular weight is 396 g/mol. The molecule has 0 radical (unpaired) electrons. The van der Waals surface area contributed by atoms with Crippen LogP contribution in [0.2, 0.25) is 0 Å². The minimum atomic E-state index is -0.184. The molecule has 4 nitrogen and oxygen atoms in total. The third-order valence-corrected chi connectivity index (χ3v) is 4.48. The summed E-state index contributed by atoms with van der Waals surface area (Å²) in [5.41, 5.74) is 2.47. The van der Waals surface area contributed by atoms with E-state index in [2.05, 4.69) is 38.4 Å². The van der Waals surface area contributed by atoms with E-state index in [1.54, 1.807) is 12.3 Å². The van der Waals surface area contributed by atoms with Crippen LogP contribution in [-0.2, 0) is 6.54 Å². The Bertz CT molecular complexity index is 850. The van der Waals surface area contributed by atoms with Crippen molar-refractivity contribution < 1.29 is 4.79 Å². The van der Waals surface area contributed by atoms with Crippen molar-refractivity contribution >= 4 is 33.3 Å². The fourth-order valence-corrected chi connectivity index (χ4v) is 2.83. The van der Waals surface area contributed by atoms with E-state index in [-0.39, 0.29) is 5.91 Å². The first-order valence-corrected chi connectivity index (χ1v) is 8.70. The van der Waals surface area contributed by atoms with Gasteiger partial charge < -0.3 is 10.2 Å². The predicted molar refractivity (Wildman–Crippen MR) is 105 cm³/mol. The maximum Gasteiger partial charge on any atom is 0.257 e. The first-order valence-electron chi connectivity index (χ1n) is 7.90. The summed E-state index contributed by atoms with van der Waals surface area (Å²) in [7, 11) is 1.98. The monoisotopic (exact) mass is 395 g/mol. The van der Waals surface area contributed by atoms with Gasteiger partial charge in [0.25, 0.3) is 5.91 Å². The zero-order valence-corrected chi connectivity index (χ0v) is 15.4. The maximum absolute atomic E-state index is 12.4. The van der Waals surface area contributed by atoms with Crippen LogP contribution in [0, 0.1) is 0 Å². The van der Waals surface area contributed by atoms with Crippen molar-refractivity contribution in [3.8, 4) is 0 Å². The first-order chi connectivity index (χ1) is 12.1. The Hall–Kier alpha value is -2.66. The van der Waals surface area contributed by atoms with Gasteiger partial charge in [0.05, 0.1) is 11.3 Å². The molecule has 0 fully saturated rings. The van der Waals surface area contributed by atoms with Crippen LogP contribution < -0.4 is 10.2 Å². The Morgan fingerprint density at radius 2 is 1.76 bits per heavy atom. The van der Waals surface area contributed by atoms with E-state index >= 15 is 0 Å². The van der Waals surface area contributed by atoms with Gasteiger partial charge in [0.2, 0.25) is 0 Å². The molecule has 0 aliphatic rings. The van der Waals surface area contributed by atoms with Gasteiger partial charge in [-0.25, -0.2) is 4.98 Å². The molecule has 0 unspecified atom stereocenters. The second kappa shape index (κ2) is 7.94. The summed E-state index contributed by atoms with van der Waals surface area (Å²) >= 11 is 3.42. The molecule has 2 aromatic carbocycles. The Morgan fingerprint density at radius 3 is 2.44 bits per heavy atom. The van der Waals surface area contributed by atoms with Crippen LogP contribution in [0.25, 0.3) is 0 Å². The molecule has 0 spiro atoms. The van der Waals surface area contributed by atoms with Gasteiger partial charge in [-0.3, -0.25) is 4.79 Å². The number of hydrogen-bond donors (Lipinski definition) is 1. The average Bonchev–Trinajstić information content (AvgIpc) is 2.64. The maximum atomic E-state index is 12.4. The van der Waals surface area contributed by atoms with Gasteiger partial charge in [-0.2, -0.15) is 0 Å². The molecule has 0 saturated carbocycles. The molecule has 0 bridgehead atoms. The van der Waals surface area contributed by atoms with E-state index < -0.39 is 0 Å². The summed E-state index contributed by atoms with van der Waals surface area (Å²) in [5, 5.41) is 2.88. The minimum Gasteiger partial charge on any atom is -0.355 e. The second-order valence-electron chi connectivity index (χ2n) is 5.68. The van der Waals surface area contributed by atoms with Crippen LogP contribution in [-0.4, -0.2) is 17.9 Å². The summed E-state index contributed by atoms with van der Waals surface area (Å²) in [4.78, 5) is 18.8. The smallest absolute Gasteiger partial charge is 0.257 e. The van der Waals surface area contributed by atoms with E-state index in [0.29, 0.717) is 5.56 Å². The van der Waals surface area contributed by atoms with Gasteiger partial charge in [-0.05, 0) is 45.8 Å². The lowest BCUT2D eigenvalue weighted by Crippen LogP contribution is -2.18. The van der Waals surface area contributed by atoms with Crippen molar-refractivity contribution in [3.05, 3.63) is 88.5 Å². The van der Waals surface area contributed by atoms with E-state index in [9.17, 15) is 4.79 Å². The molecular weight excluding hydrogens is 378 g/mol. The number of halogens is 1. The number of pyridine rings is 1. The molecular formula is C20H18BrN3O. The molecule has 1 heterocycles. The van der Waals surface area contributed by atoms with Crippen LogP contribution >= 0.6 is 15.9 Å². The van der Waals surface area contributed by atoms with Crippen molar-refractivity contribution in [2.75, 3.05) is 17.3 Å². The summed E-state index contributed by atoms with van der Waals surface area (Å²) < 4.78 is 0.843. The molecule has 5 heteroatoms. The van der Waals surface area contributed by atoms with Crippen LogP contribution in [0.4, 0.5) is 11.5 Å². The molecule has 1 aromatic heterocycles. The summed E-state index contributed by atoms with van der Waals surface area (Å²) in [5.74, 6) is 0.637. The van der Waals surface area contributed by atoms with Crippen LogP contribution in [0.1, 0.15) is 15.9 Å². The van der Waals surface area contributed by atoms with E-state index in [4.69, 9.17) is 0 Å². The van der Waals surface area contributed by atoms with Gasteiger partial charge in [0.1, 0.15) is 5.82 Å². The van der Waals surface area contributed by atoms with Crippen molar-refractivity contribution in [2.45, 2.75) is 6.54 Å². The van der Waals surface area contributed by atoms with Gasteiger partial charge in [-0.1, -0.05) is 42.5 Å². The summed E-state index contributed by atoms with van der Waals surface area (Å²) in [6, 6.07) is 21.4. The third-order valence-electron chi connectivity index (χ3n) is 3.79. The topological polar surface area (TPSA) is 45.2 Å². The Morgan fingerprint density at radius 1 is 1.04 bits per heavy atom. The minimum absolute atomic E-state index is 0.184. The number of benzene rings is 2. The molecule has 0 aliphatic carbocycles. The van der Waals surface area contributed by atoms with E-state index in [1.807, 2.05) is 60.5 Å². The van der Waals surface area contributed by atoms with Gasteiger partial charge in [-0.15, -0.1) is 0 Å². The number of aromatic nitrogens is 1. The second-order valence-corrected chi connectivity index (χ2v) is 6.54. The quantitative estimate of drug-likeness (QED) is 0.678. The molecule has 25 heavy (non-hydrogen) atoms. The largest absolute Gasteiger partial charge is 0.355 e. The van der Waals surface area contributed by atoms with Gasteiger partial charge in [0.15, 0.2) is 0 Å². The Labute approximate surface area is 155 Å². The normalized spacial score (nSPS) is 10.3. The molecule has 3 rings (SSSR count). The fourth-order valence-electron chi connectivity index (χ4n) is 2.44. The lowest BCUT2D eigenvalue weighted by atomic mass is 10.2. The molecule has 126 valence electrons. The number of hydrogen-bond acceptors (Lipinski definition) is 3. The van der Waals surface area contributed by atoms with Crippen molar-refractivity contribution in [2.24, 2.45) is 0 Å².